The van der Waals surface area contributed by atoms with Crippen molar-refractivity contribution in [2.45, 2.75) is 63.8 Å². The van der Waals surface area contributed by atoms with E-state index in [2.05, 4.69) is 16.7 Å². The molecule has 0 spiro atoms. The van der Waals surface area contributed by atoms with E-state index in [9.17, 15) is 9.59 Å². The third-order valence-corrected chi connectivity index (χ3v) is 7.96. The monoisotopic (exact) mass is 371 g/mol. The molecule has 6 aliphatic rings. The largest absolute Gasteiger partial charge is 0.351 e. The number of nitrogens with zero attached hydrogens (tertiary/aromatic N) is 1. The van der Waals surface area contributed by atoms with Gasteiger partial charge in [-0.05, 0) is 82.1 Å². The topological polar surface area (TPSA) is 61.4 Å². The van der Waals surface area contributed by atoms with Crippen LogP contribution in [-0.2, 0) is 9.59 Å². The number of nitrogens with one attached hydrogen (secondary N) is 2. The Hall–Kier alpha value is -1.36. The molecular formula is C22H33N3O2. The molecule has 2 heterocycles. The van der Waals surface area contributed by atoms with Crippen LogP contribution in [0.4, 0.5) is 0 Å². The Labute approximate surface area is 162 Å². The van der Waals surface area contributed by atoms with Crippen molar-refractivity contribution in [3.05, 3.63) is 11.6 Å². The van der Waals surface area contributed by atoms with Crippen LogP contribution >= 0.6 is 0 Å². The van der Waals surface area contributed by atoms with E-state index in [1.807, 2.05) is 4.90 Å². The van der Waals surface area contributed by atoms with Crippen molar-refractivity contribution in [2.75, 3.05) is 26.2 Å². The number of hydrogen-bond donors (Lipinski definition) is 2. The molecule has 5 heteroatoms. The van der Waals surface area contributed by atoms with Gasteiger partial charge in [0.1, 0.15) is 6.04 Å². The van der Waals surface area contributed by atoms with Gasteiger partial charge < -0.3 is 15.5 Å². The molecule has 0 aromatic heterocycles. The Morgan fingerprint density at radius 3 is 2.48 bits per heavy atom. The second kappa shape index (κ2) is 6.91. The Balaban J connectivity index is 1.26. The first-order valence-corrected chi connectivity index (χ1v) is 11.1. The summed E-state index contributed by atoms with van der Waals surface area (Å²) < 4.78 is 0. The van der Waals surface area contributed by atoms with Gasteiger partial charge in [-0.2, -0.15) is 0 Å². The average molecular weight is 372 g/mol. The molecule has 2 N–H and O–H groups in total. The lowest BCUT2D eigenvalue weighted by Crippen LogP contribution is -2.57. The van der Waals surface area contributed by atoms with Crippen LogP contribution in [-0.4, -0.2) is 48.9 Å². The summed E-state index contributed by atoms with van der Waals surface area (Å²) in [5, 5.41) is 6.42. The predicted octanol–water partition coefficient (Wildman–Crippen LogP) is 2.23. The lowest BCUT2D eigenvalue weighted by atomic mass is 9.49. The molecule has 5 nitrogen and oxygen atoms in total. The molecule has 4 saturated carbocycles. The lowest BCUT2D eigenvalue weighted by molar-refractivity contribution is -0.160. The Morgan fingerprint density at radius 2 is 1.85 bits per heavy atom. The summed E-state index contributed by atoms with van der Waals surface area (Å²) >= 11 is 0. The molecule has 5 fully saturated rings. The van der Waals surface area contributed by atoms with Crippen molar-refractivity contribution in [1.29, 1.82) is 0 Å². The highest BCUT2D eigenvalue weighted by Crippen LogP contribution is 2.60. The van der Waals surface area contributed by atoms with Crippen molar-refractivity contribution in [3.63, 3.8) is 0 Å². The van der Waals surface area contributed by atoms with Crippen LogP contribution in [0.15, 0.2) is 11.6 Å². The van der Waals surface area contributed by atoms with Crippen molar-refractivity contribution < 1.29 is 9.59 Å². The lowest BCUT2D eigenvalue weighted by Gasteiger charge is -2.56. The summed E-state index contributed by atoms with van der Waals surface area (Å²) in [6.45, 7) is 3.29. The summed E-state index contributed by atoms with van der Waals surface area (Å²) in [5.41, 5.74) is 1.17. The Kier molecular flexibility index (Phi) is 4.53. The van der Waals surface area contributed by atoms with Crippen LogP contribution < -0.4 is 10.6 Å². The maximum atomic E-state index is 13.6. The zero-order chi connectivity index (χ0) is 18.4. The van der Waals surface area contributed by atoms with E-state index in [0.29, 0.717) is 12.5 Å². The van der Waals surface area contributed by atoms with Gasteiger partial charge in [0.15, 0.2) is 0 Å². The van der Waals surface area contributed by atoms with Gasteiger partial charge in [-0.15, -0.1) is 0 Å². The number of carbonyl (C=O) groups is 2. The minimum absolute atomic E-state index is 0.0602. The van der Waals surface area contributed by atoms with Crippen molar-refractivity contribution in [2.24, 2.45) is 23.2 Å². The van der Waals surface area contributed by atoms with Gasteiger partial charge in [-0.3, -0.25) is 9.59 Å². The first-order chi connectivity index (χ1) is 13.1. The van der Waals surface area contributed by atoms with Gasteiger partial charge in [0.25, 0.3) is 0 Å². The molecule has 4 aliphatic carbocycles. The molecule has 2 aliphatic heterocycles. The summed E-state index contributed by atoms with van der Waals surface area (Å²) in [4.78, 5) is 28.5. The van der Waals surface area contributed by atoms with Crippen molar-refractivity contribution >= 4 is 11.8 Å². The number of carbonyl (C=O) groups excluding carboxylic acids is 2. The van der Waals surface area contributed by atoms with Crippen LogP contribution in [0.1, 0.15) is 57.8 Å². The first kappa shape index (κ1) is 17.7. The first-order valence-electron chi connectivity index (χ1n) is 11.1. The third-order valence-electron chi connectivity index (χ3n) is 7.96. The fraction of sp³-hybridized carbons (Fsp3) is 0.818. The van der Waals surface area contributed by atoms with Crippen LogP contribution in [0.2, 0.25) is 0 Å². The van der Waals surface area contributed by atoms with E-state index in [1.165, 1.54) is 24.8 Å². The number of hydrogen-bond acceptors (Lipinski definition) is 3. The van der Waals surface area contributed by atoms with Crippen molar-refractivity contribution in [1.82, 2.24) is 15.5 Å². The minimum atomic E-state index is -0.243. The van der Waals surface area contributed by atoms with E-state index >= 15 is 0 Å². The smallest absolute Gasteiger partial charge is 0.243 e. The Bertz CT molecular complexity index is 621. The molecule has 4 bridgehead atoms. The van der Waals surface area contributed by atoms with E-state index in [0.717, 1.165) is 75.9 Å². The van der Waals surface area contributed by atoms with Gasteiger partial charge in [-0.1, -0.05) is 11.6 Å². The summed E-state index contributed by atoms with van der Waals surface area (Å²) in [6, 6.07) is -0.243. The maximum Gasteiger partial charge on any atom is 0.243 e. The van der Waals surface area contributed by atoms with E-state index in [-0.39, 0.29) is 17.4 Å². The minimum Gasteiger partial charge on any atom is -0.351 e. The van der Waals surface area contributed by atoms with Crippen LogP contribution in [0.5, 0.6) is 0 Å². The molecule has 2 amide bonds. The molecule has 0 aromatic rings. The molecular weight excluding hydrogens is 338 g/mol. The number of rotatable bonds is 4. The predicted molar refractivity (Wildman–Crippen MR) is 104 cm³/mol. The highest BCUT2D eigenvalue weighted by molar-refractivity contribution is 5.91. The average Bonchev–Trinajstić information content (AvgIpc) is 3.15. The SMILES string of the molecule is O=C(NCC1=CCNCC1)C1CCCN1C(=O)C12CC3CC(CC(C3)C1)C2. The standard InChI is InChI=1S/C22H33N3O2/c26-20(24-14-15-3-5-23-6-4-15)19-2-1-7-25(19)21(27)22-11-16-8-17(12-22)10-18(9-16)13-22/h3,16-19,23H,1-2,4-14H2,(H,24,26). The molecule has 1 atom stereocenters. The molecule has 148 valence electrons. The van der Waals surface area contributed by atoms with Gasteiger partial charge in [-0.25, -0.2) is 0 Å². The van der Waals surface area contributed by atoms with Crippen LogP contribution in [0, 0.1) is 23.2 Å². The van der Waals surface area contributed by atoms with E-state index in [1.54, 1.807) is 0 Å². The summed E-state index contributed by atoms with van der Waals surface area (Å²) in [6.07, 6.45) is 12.3. The highest BCUT2D eigenvalue weighted by atomic mass is 16.2. The second-order valence-corrected chi connectivity index (χ2v) is 9.89. The zero-order valence-corrected chi connectivity index (χ0v) is 16.3. The number of likely N-dealkylation sites (tertiary alicyclic amines) is 1. The zero-order valence-electron chi connectivity index (χ0n) is 16.3. The number of amides is 2. The third kappa shape index (κ3) is 3.22. The van der Waals surface area contributed by atoms with Gasteiger partial charge in [0, 0.05) is 19.6 Å². The molecule has 0 radical (unpaired) electrons. The molecule has 1 unspecified atom stereocenters. The quantitative estimate of drug-likeness (QED) is 0.745. The van der Waals surface area contributed by atoms with E-state index in [4.69, 9.17) is 0 Å². The molecule has 1 saturated heterocycles. The highest BCUT2D eigenvalue weighted by Gasteiger charge is 2.56. The molecule has 27 heavy (non-hydrogen) atoms. The fourth-order valence-corrected chi connectivity index (χ4v) is 7.11. The summed E-state index contributed by atoms with van der Waals surface area (Å²) in [7, 11) is 0. The van der Waals surface area contributed by atoms with Gasteiger partial charge in [0.2, 0.25) is 11.8 Å². The van der Waals surface area contributed by atoms with Crippen LogP contribution in [0.25, 0.3) is 0 Å². The molecule has 0 aromatic carbocycles. The maximum absolute atomic E-state index is 13.6. The van der Waals surface area contributed by atoms with E-state index < -0.39 is 0 Å². The normalized spacial score (nSPS) is 40.1. The second-order valence-electron chi connectivity index (χ2n) is 9.89. The Morgan fingerprint density at radius 1 is 1.15 bits per heavy atom. The summed E-state index contributed by atoms with van der Waals surface area (Å²) in [5.74, 6) is 2.68. The van der Waals surface area contributed by atoms with Gasteiger partial charge >= 0.3 is 0 Å². The molecule has 6 rings (SSSR count). The van der Waals surface area contributed by atoms with Gasteiger partial charge in [0.05, 0.1) is 5.41 Å². The van der Waals surface area contributed by atoms with Crippen molar-refractivity contribution in [3.8, 4) is 0 Å². The van der Waals surface area contributed by atoms with Crippen LogP contribution in [0.3, 0.4) is 0 Å². The fourth-order valence-electron chi connectivity index (χ4n) is 7.11.